The summed E-state index contributed by atoms with van der Waals surface area (Å²) < 4.78 is 11.3. The highest BCUT2D eigenvalue weighted by Crippen LogP contribution is 2.32. The van der Waals surface area contributed by atoms with Crippen molar-refractivity contribution < 1.29 is 19.4 Å². The van der Waals surface area contributed by atoms with Crippen molar-refractivity contribution in [3.63, 3.8) is 0 Å². The number of aryl methyl sites for hydroxylation is 1. The van der Waals surface area contributed by atoms with E-state index in [1.807, 2.05) is 30.0 Å². The molecule has 1 aliphatic heterocycles. The minimum absolute atomic E-state index is 0.196. The van der Waals surface area contributed by atoms with Crippen LogP contribution in [-0.4, -0.2) is 35.8 Å². The summed E-state index contributed by atoms with van der Waals surface area (Å²) in [7, 11) is 1.63. The standard InChI is InChI=1S/C15H20O4S/c1-18-13-6-5-11(3-2-4-15(16)17)9-14(13)19-12-7-8-20-10-12/h5-6,9,12H,2-4,7-8,10H2,1H3,(H,16,17). The van der Waals surface area contributed by atoms with Gasteiger partial charge in [-0.25, -0.2) is 0 Å². The molecular weight excluding hydrogens is 276 g/mol. The number of methoxy groups -OCH3 is 1. The molecule has 0 radical (unpaired) electrons. The van der Waals surface area contributed by atoms with Gasteiger partial charge in [-0.2, -0.15) is 11.8 Å². The van der Waals surface area contributed by atoms with Crippen molar-refractivity contribution in [3.8, 4) is 11.5 Å². The largest absolute Gasteiger partial charge is 0.493 e. The van der Waals surface area contributed by atoms with Crippen LogP contribution in [0.1, 0.15) is 24.8 Å². The first-order valence-corrected chi connectivity index (χ1v) is 7.97. The molecule has 0 amide bonds. The number of rotatable bonds is 7. The van der Waals surface area contributed by atoms with E-state index in [2.05, 4.69) is 0 Å². The average molecular weight is 296 g/mol. The van der Waals surface area contributed by atoms with Crippen LogP contribution in [0.3, 0.4) is 0 Å². The van der Waals surface area contributed by atoms with Crippen molar-refractivity contribution in [2.75, 3.05) is 18.6 Å². The maximum atomic E-state index is 10.5. The number of carboxylic acid groups (broad SMARTS) is 1. The molecule has 1 heterocycles. The second-order valence-electron chi connectivity index (χ2n) is 4.84. The fraction of sp³-hybridized carbons (Fsp3) is 0.533. The molecule has 1 saturated heterocycles. The monoisotopic (exact) mass is 296 g/mol. The van der Waals surface area contributed by atoms with Crippen LogP contribution >= 0.6 is 11.8 Å². The van der Waals surface area contributed by atoms with Crippen LogP contribution in [0, 0.1) is 0 Å². The minimum atomic E-state index is -0.752. The van der Waals surface area contributed by atoms with Crippen molar-refractivity contribution in [2.24, 2.45) is 0 Å². The summed E-state index contributed by atoms with van der Waals surface area (Å²) >= 11 is 1.91. The van der Waals surface area contributed by atoms with E-state index in [-0.39, 0.29) is 12.5 Å². The molecule has 1 aliphatic rings. The van der Waals surface area contributed by atoms with Gasteiger partial charge >= 0.3 is 5.97 Å². The van der Waals surface area contributed by atoms with Crippen molar-refractivity contribution >= 4 is 17.7 Å². The molecule has 1 aromatic carbocycles. The van der Waals surface area contributed by atoms with Crippen LogP contribution in [0.15, 0.2) is 18.2 Å². The lowest BCUT2D eigenvalue weighted by molar-refractivity contribution is -0.137. The molecule has 1 unspecified atom stereocenters. The van der Waals surface area contributed by atoms with Crippen LogP contribution in [0.4, 0.5) is 0 Å². The zero-order valence-corrected chi connectivity index (χ0v) is 12.4. The quantitative estimate of drug-likeness (QED) is 0.838. The Morgan fingerprint density at radius 1 is 1.45 bits per heavy atom. The molecule has 20 heavy (non-hydrogen) atoms. The third kappa shape index (κ3) is 4.34. The molecule has 1 aromatic rings. The molecule has 0 aliphatic carbocycles. The number of benzene rings is 1. The first-order valence-electron chi connectivity index (χ1n) is 6.82. The Morgan fingerprint density at radius 3 is 2.95 bits per heavy atom. The van der Waals surface area contributed by atoms with Gasteiger partial charge in [-0.1, -0.05) is 6.07 Å². The van der Waals surface area contributed by atoms with Crippen LogP contribution < -0.4 is 9.47 Å². The number of carbonyl (C=O) groups is 1. The highest BCUT2D eigenvalue weighted by molar-refractivity contribution is 7.99. The Kier molecular flexibility index (Phi) is 5.59. The second kappa shape index (κ2) is 7.43. The van der Waals surface area contributed by atoms with E-state index in [1.165, 1.54) is 0 Å². The molecule has 5 heteroatoms. The molecule has 0 bridgehead atoms. The zero-order chi connectivity index (χ0) is 14.4. The molecule has 1 atom stereocenters. The fourth-order valence-corrected chi connectivity index (χ4v) is 3.29. The number of ether oxygens (including phenoxy) is 2. The predicted molar refractivity (Wildman–Crippen MR) is 79.9 cm³/mol. The molecule has 0 saturated carbocycles. The van der Waals surface area contributed by atoms with Gasteiger partial charge in [0.15, 0.2) is 11.5 Å². The molecule has 1 fully saturated rings. The Balaban J connectivity index is 2.01. The van der Waals surface area contributed by atoms with Gasteiger partial charge in [0.25, 0.3) is 0 Å². The van der Waals surface area contributed by atoms with Gasteiger partial charge in [0.1, 0.15) is 6.10 Å². The van der Waals surface area contributed by atoms with Crippen LogP contribution in [0.5, 0.6) is 11.5 Å². The lowest BCUT2D eigenvalue weighted by Gasteiger charge is -2.16. The van der Waals surface area contributed by atoms with Crippen molar-refractivity contribution in [2.45, 2.75) is 31.8 Å². The molecule has 110 valence electrons. The van der Waals surface area contributed by atoms with Crippen molar-refractivity contribution in [1.29, 1.82) is 0 Å². The summed E-state index contributed by atoms with van der Waals surface area (Å²) in [6, 6.07) is 5.84. The van der Waals surface area contributed by atoms with Crippen LogP contribution in [0.25, 0.3) is 0 Å². The summed E-state index contributed by atoms with van der Waals surface area (Å²) in [6.07, 6.45) is 2.90. The van der Waals surface area contributed by atoms with E-state index in [9.17, 15) is 4.79 Å². The van der Waals surface area contributed by atoms with Crippen LogP contribution in [0.2, 0.25) is 0 Å². The number of thioether (sulfide) groups is 1. The summed E-state index contributed by atoms with van der Waals surface area (Å²) in [6.45, 7) is 0. The average Bonchev–Trinajstić information content (AvgIpc) is 2.91. The third-order valence-electron chi connectivity index (χ3n) is 3.27. The predicted octanol–water partition coefficient (Wildman–Crippen LogP) is 2.99. The van der Waals surface area contributed by atoms with E-state index in [0.717, 1.165) is 41.4 Å². The molecular formula is C15H20O4S. The molecule has 4 nitrogen and oxygen atoms in total. The van der Waals surface area contributed by atoms with E-state index >= 15 is 0 Å². The number of aliphatic carboxylic acids is 1. The maximum Gasteiger partial charge on any atom is 0.303 e. The molecule has 1 N–H and O–H groups in total. The number of hydrogen-bond donors (Lipinski definition) is 1. The van der Waals surface area contributed by atoms with Gasteiger partial charge in [0.2, 0.25) is 0 Å². The Bertz CT molecular complexity index is 455. The number of hydrogen-bond acceptors (Lipinski definition) is 4. The van der Waals surface area contributed by atoms with Gasteiger partial charge in [-0.15, -0.1) is 0 Å². The Labute approximate surface area is 123 Å². The first kappa shape index (κ1) is 15.0. The fourth-order valence-electron chi connectivity index (χ4n) is 2.20. The van der Waals surface area contributed by atoms with Crippen molar-refractivity contribution in [1.82, 2.24) is 0 Å². The van der Waals surface area contributed by atoms with E-state index in [4.69, 9.17) is 14.6 Å². The topological polar surface area (TPSA) is 55.8 Å². The van der Waals surface area contributed by atoms with Gasteiger partial charge < -0.3 is 14.6 Å². The lowest BCUT2D eigenvalue weighted by atomic mass is 10.1. The third-order valence-corrected chi connectivity index (χ3v) is 4.40. The Hall–Kier alpha value is -1.36. The minimum Gasteiger partial charge on any atom is -0.493 e. The summed E-state index contributed by atoms with van der Waals surface area (Å²) in [5.41, 5.74) is 1.09. The van der Waals surface area contributed by atoms with Crippen LogP contribution in [-0.2, 0) is 11.2 Å². The summed E-state index contributed by atoms with van der Waals surface area (Å²) in [4.78, 5) is 10.5. The lowest BCUT2D eigenvalue weighted by Crippen LogP contribution is -2.15. The summed E-state index contributed by atoms with van der Waals surface area (Å²) in [5.74, 6) is 2.92. The van der Waals surface area contributed by atoms with Gasteiger partial charge in [-0.05, 0) is 42.7 Å². The Morgan fingerprint density at radius 2 is 2.30 bits per heavy atom. The smallest absolute Gasteiger partial charge is 0.303 e. The second-order valence-corrected chi connectivity index (χ2v) is 5.99. The van der Waals surface area contributed by atoms with Crippen molar-refractivity contribution in [3.05, 3.63) is 23.8 Å². The molecule has 2 rings (SSSR count). The highest BCUT2D eigenvalue weighted by Gasteiger charge is 2.19. The van der Waals surface area contributed by atoms with Gasteiger partial charge in [0.05, 0.1) is 7.11 Å². The first-order chi connectivity index (χ1) is 9.69. The summed E-state index contributed by atoms with van der Waals surface area (Å²) in [5, 5.41) is 8.67. The SMILES string of the molecule is COc1ccc(CCCC(=O)O)cc1OC1CCSC1. The van der Waals surface area contributed by atoms with Gasteiger partial charge in [0, 0.05) is 12.2 Å². The van der Waals surface area contributed by atoms with E-state index in [0.29, 0.717) is 6.42 Å². The number of carboxylic acids is 1. The zero-order valence-electron chi connectivity index (χ0n) is 11.6. The van der Waals surface area contributed by atoms with E-state index < -0.39 is 5.97 Å². The normalized spacial score (nSPS) is 17.9. The molecule has 0 aromatic heterocycles. The highest BCUT2D eigenvalue weighted by atomic mass is 32.2. The molecule has 0 spiro atoms. The van der Waals surface area contributed by atoms with Gasteiger partial charge in [-0.3, -0.25) is 4.79 Å². The van der Waals surface area contributed by atoms with E-state index in [1.54, 1.807) is 7.11 Å². The maximum absolute atomic E-state index is 10.5.